The molecule has 0 N–H and O–H groups in total. The topological polar surface area (TPSA) is 91.1 Å². The third kappa shape index (κ3) is 6.67. The first-order valence-corrected chi connectivity index (χ1v) is 19.3. The summed E-state index contributed by atoms with van der Waals surface area (Å²) in [6.45, 7) is 3.98. The largest absolute Gasteiger partial charge is 0.368 e. The SMILES string of the molecule is Cc1nc2ccccc2n1C1C[C@H]2CC[C@@H](C1)N2CCC1(c2cccc(F)c2)CCN(C(=O)c2ccc(Cl)c(S(=O)(=O)/N=C/N(C)C)c2)CC1. The van der Waals surface area contributed by atoms with Crippen LogP contribution in [0.2, 0.25) is 5.02 Å². The number of piperidine rings is 2. The van der Waals surface area contributed by atoms with E-state index in [4.69, 9.17) is 16.6 Å². The van der Waals surface area contributed by atoms with Crippen molar-refractivity contribution in [3.8, 4) is 0 Å². The molecule has 1 unspecified atom stereocenters. The van der Waals surface area contributed by atoms with Gasteiger partial charge in [0.1, 0.15) is 22.9 Å². The van der Waals surface area contributed by atoms with Gasteiger partial charge in [0.15, 0.2) is 0 Å². The summed E-state index contributed by atoms with van der Waals surface area (Å²) >= 11 is 6.26. The molecule has 2 bridgehead atoms. The summed E-state index contributed by atoms with van der Waals surface area (Å²) in [5.41, 5.74) is 3.19. The van der Waals surface area contributed by atoms with Gasteiger partial charge in [0.2, 0.25) is 0 Å². The molecule has 4 aromatic rings. The lowest BCUT2D eigenvalue weighted by Crippen LogP contribution is -2.49. The third-order valence-electron chi connectivity index (χ3n) is 11.2. The van der Waals surface area contributed by atoms with Crippen molar-refractivity contribution in [2.75, 3.05) is 33.7 Å². The van der Waals surface area contributed by atoms with Gasteiger partial charge in [0.25, 0.3) is 15.9 Å². The number of aromatic nitrogens is 2. The third-order valence-corrected chi connectivity index (χ3v) is 12.9. The standard InChI is InChI=1S/C38H44ClFN6O3S/c1-26-42-34-9-4-5-10-35(34)46(26)32-23-30-12-13-31(24-32)45(30)20-17-38(28-7-6-8-29(40)22-28)15-18-44(19-16-38)37(47)27-11-14-33(39)36(21-27)50(48,49)41-25-43(2)3/h4-11,14,21-22,25,30-32H,12-13,15-20,23-24H2,1-3H3/b41-25+/t30-,31+,32?. The quantitative estimate of drug-likeness (QED) is 0.139. The zero-order valence-corrected chi connectivity index (χ0v) is 30.4. The van der Waals surface area contributed by atoms with Crippen LogP contribution >= 0.6 is 11.6 Å². The van der Waals surface area contributed by atoms with Crippen molar-refractivity contribution in [2.45, 2.75) is 80.3 Å². The number of imidazole rings is 1. The van der Waals surface area contributed by atoms with E-state index in [0.29, 0.717) is 44.1 Å². The molecule has 3 aliphatic rings. The van der Waals surface area contributed by atoms with Crippen LogP contribution in [-0.2, 0) is 15.4 Å². The fourth-order valence-electron chi connectivity index (χ4n) is 8.66. The van der Waals surface area contributed by atoms with Crippen LogP contribution in [0.25, 0.3) is 11.0 Å². The monoisotopic (exact) mass is 718 g/mol. The molecule has 1 amide bonds. The van der Waals surface area contributed by atoms with Crippen LogP contribution in [-0.4, -0.2) is 90.7 Å². The second kappa shape index (κ2) is 13.7. The molecule has 0 radical (unpaired) electrons. The zero-order chi connectivity index (χ0) is 35.2. The molecule has 1 aromatic heterocycles. The highest BCUT2D eigenvalue weighted by atomic mass is 35.5. The molecule has 7 rings (SSSR count). The van der Waals surface area contributed by atoms with E-state index in [0.717, 1.165) is 42.7 Å². The molecule has 12 heteroatoms. The molecule has 3 fully saturated rings. The molecule has 264 valence electrons. The molecule has 0 aliphatic carbocycles. The number of amides is 1. The number of benzene rings is 3. The highest BCUT2D eigenvalue weighted by molar-refractivity contribution is 7.90. The maximum absolute atomic E-state index is 14.7. The summed E-state index contributed by atoms with van der Waals surface area (Å²) in [6, 6.07) is 21.1. The molecular weight excluding hydrogens is 675 g/mol. The van der Waals surface area contributed by atoms with Crippen molar-refractivity contribution in [3.05, 3.63) is 94.5 Å². The summed E-state index contributed by atoms with van der Waals surface area (Å²) in [4.78, 5) is 24.4. The molecule has 3 aliphatic heterocycles. The molecular formula is C38H44ClFN6O3S. The Balaban J connectivity index is 1.07. The van der Waals surface area contributed by atoms with Crippen LogP contribution in [0.5, 0.6) is 0 Å². The van der Waals surface area contributed by atoms with E-state index in [9.17, 15) is 17.6 Å². The first-order valence-electron chi connectivity index (χ1n) is 17.5. The molecule has 3 atom stereocenters. The lowest BCUT2D eigenvalue weighted by molar-refractivity contribution is 0.0606. The minimum absolute atomic E-state index is 0.00716. The molecule has 0 spiro atoms. The van der Waals surface area contributed by atoms with E-state index in [1.807, 2.05) is 12.1 Å². The van der Waals surface area contributed by atoms with Gasteiger partial charge >= 0.3 is 0 Å². The highest BCUT2D eigenvalue weighted by Crippen LogP contribution is 2.45. The van der Waals surface area contributed by atoms with E-state index < -0.39 is 10.0 Å². The minimum Gasteiger partial charge on any atom is -0.368 e. The minimum atomic E-state index is -4.10. The van der Waals surface area contributed by atoms with Crippen molar-refractivity contribution in [2.24, 2.45) is 4.40 Å². The Morgan fingerprint density at radius 1 is 1.02 bits per heavy atom. The Kier molecular flexibility index (Phi) is 9.51. The van der Waals surface area contributed by atoms with Gasteiger partial charge in [-0.2, -0.15) is 8.42 Å². The van der Waals surface area contributed by atoms with E-state index in [-0.39, 0.29) is 32.6 Å². The predicted molar refractivity (Wildman–Crippen MR) is 195 cm³/mol. The zero-order valence-electron chi connectivity index (χ0n) is 28.8. The van der Waals surface area contributed by atoms with Crippen molar-refractivity contribution in [3.63, 3.8) is 0 Å². The fraction of sp³-hybridized carbons (Fsp3) is 0.447. The maximum atomic E-state index is 14.7. The van der Waals surface area contributed by atoms with Crippen molar-refractivity contribution in [1.82, 2.24) is 24.3 Å². The number of carbonyl (C=O) groups excluding carboxylic acids is 1. The first kappa shape index (κ1) is 34.6. The van der Waals surface area contributed by atoms with Crippen molar-refractivity contribution < 1.29 is 17.6 Å². The Bertz CT molecular complexity index is 2030. The lowest BCUT2D eigenvalue weighted by atomic mass is 9.70. The summed E-state index contributed by atoms with van der Waals surface area (Å²) in [7, 11) is -0.772. The van der Waals surface area contributed by atoms with Crippen molar-refractivity contribution >= 4 is 44.9 Å². The summed E-state index contributed by atoms with van der Waals surface area (Å²) in [5.74, 6) is 0.561. The first-order chi connectivity index (χ1) is 23.9. The Morgan fingerprint density at radius 2 is 1.74 bits per heavy atom. The molecule has 3 saturated heterocycles. The normalized spacial score (nSPS) is 22.4. The average Bonchev–Trinajstić information content (AvgIpc) is 3.56. The number of para-hydroxylation sites is 2. The van der Waals surface area contributed by atoms with Gasteiger partial charge < -0.3 is 14.4 Å². The number of aryl methyl sites for hydroxylation is 1. The number of hydrogen-bond acceptors (Lipinski definition) is 5. The number of carbonyl (C=O) groups is 1. The summed E-state index contributed by atoms with van der Waals surface area (Å²) < 4.78 is 46.6. The molecule has 3 aromatic carbocycles. The van der Waals surface area contributed by atoms with Crippen LogP contribution in [0, 0.1) is 12.7 Å². The maximum Gasteiger partial charge on any atom is 0.285 e. The number of likely N-dealkylation sites (tertiary alicyclic amines) is 1. The predicted octanol–water partition coefficient (Wildman–Crippen LogP) is 6.85. The van der Waals surface area contributed by atoms with Gasteiger partial charge in [-0.25, -0.2) is 9.37 Å². The highest BCUT2D eigenvalue weighted by Gasteiger charge is 2.44. The van der Waals surface area contributed by atoms with Crippen LogP contribution < -0.4 is 0 Å². The number of sulfonamides is 1. The number of fused-ring (bicyclic) bond motifs is 3. The van der Waals surface area contributed by atoms with Gasteiger partial charge in [0, 0.05) is 50.9 Å². The smallest absolute Gasteiger partial charge is 0.285 e. The second-order valence-electron chi connectivity index (χ2n) is 14.4. The number of nitrogens with zero attached hydrogens (tertiary/aromatic N) is 6. The molecule has 0 saturated carbocycles. The van der Waals surface area contributed by atoms with Gasteiger partial charge in [0.05, 0.1) is 16.1 Å². The Hall–Kier alpha value is -3.80. The molecule has 9 nitrogen and oxygen atoms in total. The lowest BCUT2D eigenvalue weighted by Gasteiger charge is -2.45. The van der Waals surface area contributed by atoms with E-state index in [2.05, 4.69) is 39.0 Å². The Morgan fingerprint density at radius 3 is 2.44 bits per heavy atom. The van der Waals surface area contributed by atoms with Crippen LogP contribution in [0.15, 0.2) is 76.0 Å². The number of halogens is 2. The van der Waals surface area contributed by atoms with Crippen LogP contribution in [0.4, 0.5) is 4.39 Å². The number of hydrogen-bond donors (Lipinski definition) is 0. The van der Waals surface area contributed by atoms with Gasteiger partial charge in [-0.1, -0.05) is 35.9 Å². The second-order valence-corrected chi connectivity index (χ2v) is 16.4. The van der Waals surface area contributed by atoms with Gasteiger partial charge in [-0.15, -0.1) is 4.40 Å². The van der Waals surface area contributed by atoms with E-state index in [1.54, 1.807) is 37.2 Å². The van der Waals surface area contributed by atoms with Crippen molar-refractivity contribution in [1.29, 1.82) is 0 Å². The number of rotatable bonds is 9. The van der Waals surface area contributed by atoms with Crippen LogP contribution in [0.1, 0.15) is 72.7 Å². The summed E-state index contributed by atoms with van der Waals surface area (Å²) in [5, 5.41) is 0.00716. The van der Waals surface area contributed by atoms with Gasteiger partial charge in [-0.05, 0) is 112 Å². The molecule has 50 heavy (non-hydrogen) atoms. The fourth-order valence-corrected chi connectivity index (χ4v) is 10.1. The van der Waals surface area contributed by atoms with E-state index in [1.165, 1.54) is 47.8 Å². The average molecular weight is 719 g/mol. The molecule has 4 heterocycles. The van der Waals surface area contributed by atoms with E-state index >= 15 is 0 Å². The summed E-state index contributed by atoms with van der Waals surface area (Å²) in [6.07, 6.45) is 7.96. The van der Waals surface area contributed by atoms with Gasteiger partial charge in [-0.3, -0.25) is 9.69 Å². The van der Waals surface area contributed by atoms with Crippen LogP contribution in [0.3, 0.4) is 0 Å². The Labute approximate surface area is 298 Å².